The van der Waals surface area contributed by atoms with Gasteiger partial charge < -0.3 is 14.8 Å². The summed E-state index contributed by atoms with van der Waals surface area (Å²) in [6, 6.07) is 3.53. The predicted molar refractivity (Wildman–Crippen MR) is 105 cm³/mol. The number of carbonyl (C=O) groups excluding carboxylic acids is 2. The smallest absolute Gasteiger partial charge is 0.416 e. The van der Waals surface area contributed by atoms with Crippen LogP contribution in [0, 0.1) is 0 Å². The molecule has 1 saturated heterocycles. The van der Waals surface area contributed by atoms with Crippen LogP contribution >= 0.6 is 0 Å². The van der Waals surface area contributed by atoms with Crippen molar-refractivity contribution in [3.8, 4) is 0 Å². The summed E-state index contributed by atoms with van der Waals surface area (Å²) in [4.78, 5) is 25.5. The Morgan fingerprint density at radius 1 is 1.23 bits per heavy atom. The molecule has 2 rings (SSSR count). The molecule has 1 N–H and O–H groups in total. The largest absolute Gasteiger partial charge is 0.462 e. The molecule has 6 nitrogen and oxygen atoms in total. The molecule has 168 valence electrons. The standard InChI is InChI=1S/C21H29F3N2O4/c1-5-29-19(28)14-6-7-15(17(10-14)21(22,23)24)12-26-9-8-16(13-26)25-11-18(27)30-20(2,3)4/h6-7,10,16,25H,5,8-9,11-13H2,1-4H3/t16-/m1/s1. The number of nitrogens with one attached hydrogen (secondary N) is 1. The number of carbonyl (C=O) groups is 2. The number of hydrogen-bond donors (Lipinski definition) is 1. The number of ether oxygens (including phenoxy) is 2. The van der Waals surface area contributed by atoms with Gasteiger partial charge in [0.2, 0.25) is 0 Å². The molecule has 1 heterocycles. The first-order valence-electron chi connectivity index (χ1n) is 9.94. The number of nitrogens with zero attached hydrogens (tertiary/aromatic N) is 1. The quantitative estimate of drug-likeness (QED) is 0.669. The fraction of sp³-hybridized carbons (Fsp3) is 0.619. The predicted octanol–water partition coefficient (Wildman–Crippen LogP) is 3.39. The van der Waals surface area contributed by atoms with E-state index in [1.807, 2.05) is 4.90 Å². The molecule has 0 amide bonds. The molecule has 0 spiro atoms. The molecule has 0 aliphatic carbocycles. The van der Waals surface area contributed by atoms with Crippen LogP contribution in [0.25, 0.3) is 0 Å². The topological polar surface area (TPSA) is 67.9 Å². The van der Waals surface area contributed by atoms with Crippen molar-refractivity contribution in [3.05, 3.63) is 34.9 Å². The lowest BCUT2D eigenvalue weighted by Gasteiger charge is -2.21. The molecule has 0 bridgehead atoms. The lowest BCUT2D eigenvalue weighted by molar-refractivity contribution is -0.153. The Morgan fingerprint density at radius 2 is 1.93 bits per heavy atom. The molecule has 0 radical (unpaired) electrons. The van der Waals surface area contributed by atoms with Crippen LogP contribution in [0.1, 0.15) is 55.6 Å². The van der Waals surface area contributed by atoms with Crippen molar-refractivity contribution in [3.63, 3.8) is 0 Å². The molecular formula is C21H29F3N2O4. The van der Waals surface area contributed by atoms with Gasteiger partial charge in [0.25, 0.3) is 0 Å². The number of benzene rings is 1. The van der Waals surface area contributed by atoms with Gasteiger partial charge >= 0.3 is 18.1 Å². The number of rotatable bonds is 7. The summed E-state index contributed by atoms with van der Waals surface area (Å²) in [6.45, 7) is 8.31. The lowest BCUT2D eigenvalue weighted by atomic mass is 10.0. The van der Waals surface area contributed by atoms with E-state index in [1.165, 1.54) is 12.1 Å². The molecule has 9 heteroatoms. The molecule has 0 unspecified atom stereocenters. The van der Waals surface area contributed by atoms with Crippen molar-refractivity contribution in [1.82, 2.24) is 10.2 Å². The number of alkyl halides is 3. The fourth-order valence-electron chi connectivity index (χ4n) is 3.31. The van der Waals surface area contributed by atoms with Crippen molar-refractivity contribution in [2.24, 2.45) is 0 Å². The minimum Gasteiger partial charge on any atom is -0.462 e. The van der Waals surface area contributed by atoms with E-state index in [0.29, 0.717) is 19.5 Å². The highest BCUT2D eigenvalue weighted by Gasteiger charge is 2.35. The van der Waals surface area contributed by atoms with Gasteiger partial charge in [-0.3, -0.25) is 9.69 Å². The Morgan fingerprint density at radius 3 is 2.53 bits per heavy atom. The van der Waals surface area contributed by atoms with Gasteiger partial charge in [0, 0.05) is 25.7 Å². The van der Waals surface area contributed by atoms with Crippen LogP contribution < -0.4 is 5.32 Å². The third kappa shape index (κ3) is 7.28. The molecule has 1 aromatic carbocycles. The van der Waals surface area contributed by atoms with Crippen LogP contribution in [0.4, 0.5) is 13.2 Å². The van der Waals surface area contributed by atoms with E-state index >= 15 is 0 Å². The van der Waals surface area contributed by atoms with Gasteiger partial charge in [-0.15, -0.1) is 0 Å². The maximum absolute atomic E-state index is 13.5. The zero-order valence-corrected chi connectivity index (χ0v) is 17.8. The first kappa shape index (κ1) is 24.1. The average molecular weight is 430 g/mol. The van der Waals surface area contributed by atoms with E-state index < -0.39 is 23.3 Å². The van der Waals surface area contributed by atoms with Gasteiger partial charge in [0.15, 0.2) is 0 Å². The third-order valence-corrected chi connectivity index (χ3v) is 4.55. The van der Waals surface area contributed by atoms with Gasteiger partial charge in [-0.2, -0.15) is 13.2 Å². The molecule has 1 aliphatic rings. The van der Waals surface area contributed by atoms with Crippen LogP contribution in [0.2, 0.25) is 0 Å². The van der Waals surface area contributed by atoms with Crippen molar-refractivity contribution in [1.29, 1.82) is 0 Å². The number of esters is 2. The Bertz CT molecular complexity index is 760. The van der Waals surface area contributed by atoms with Gasteiger partial charge in [0.1, 0.15) is 5.60 Å². The van der Waals surface area contributed by atoms with Gasteiger partial charge in [0.05, 0.1) is 24.3 Å². The Kier molecular flexibility index (Phi) is 7.87. The highest BCUT2D eigenvalue weighted by Crippen LogP contribution is 2.34. The third-order valence-electron chi connectivity index (χ3n) is 4.55. The summed E-state index contributed by atoms with van der Waals surface area (Å²) < 4.78 is 50.7. The van der Waals surface area contributed by atoms with Crippen LogP contribution in [-0.4, -0.2) is 54.7 Å². The highest BCUT2D eigenvalue weighted by atomic mass is 19.4. The normalized spacial score (nSPS) is 17.8. The molecule has 1 aliphatic heterocycles. The highest BCUT2D eigenvalue weighted by molar-refractivity contribution is 5.89. The monoisotopic (exact) mass is 430 g/mol. The van der Waals surface area contributed by atoms with Crippen molar-refractivity contribution in [2.75, 3.05) is 26.2 Å². The molecule has 1 aromatic rings. The van der Waals surface area contributed by atoms with E-state index in [4.69, 9.17) is 9.47 Å². The maximum atomic E-state index is 13.5. The van der Waals surface area contributed by atoms with Crippen molar-refractivity contribution >= 4 is 11.9 Å². The van der Waals surface area contributed by atoms with Crippen LogP contribution in [0.5, 0.6) is 0 Å². The van der Waals surface area contributed by atoms with E-state index in [0.717, 1.165) is 6.07 Å². The van der Waals surface area contributed by atoms with E-state index in [9.17, 15) is 22.8 Å². The number of likely N-dealkylation sites (tertiary alicyclic amines) is 1. The van der Waals surface area contributed by atoms with Crippen LogP contribution in [0.3, 0.4) is 0 Å². The second-order valence-corrected chi connectivity index (χ2v) is 8.28. The number of halogens is 3. The second-order valence-electron chi connectivity index (χ2n) is 8.28. The van der Waals surface area contributed by atoms with Crippen LogP contribution in [-0.2, 0) is 27.0 Å². The Hall–Kier alpha value is -2.13. The number of hydrogen-bond acceptors (Lipinski definition) is 6. The van der Waals surface area contributed by atoms with E-state index in [-0.39, 0.29) is 42.8 Å². The fourth-order valence-corrected chi connectivity index (χ4v) is 3.31. The summed E-state index contributed by atoms with van der Waals surface area (Å²) in [5.74, 6) is -1.14. The Balaban J connectivity index is 1.99. The molecular weight excluding hydrogens is 401 g/mol. The average Bonchev–Trinajstić information content (AvgIpc) is 3.05. The van der Waals surface area contributed by atoms with E-state index in [2.05, 4.69) is 5.32 Å². The molecule has 30 heavy (non-hydrogen) atoms. The van der Waals surface area contributed by atoms with Crippen molar-refractivity contribution in [2.45, 2.75) is 58.5 Å². The SMILES string of the molecule is CCOC(=O)c1ccc(CN2CC[C@@H](NCC(=O)OC(C)(C)C)C2)c(C(F)(F)F)c1. The maximum Gasteiger partial charge on any atom is 0.416 e. The first-order chi connectivity index (χ1) is 13.9. The molecule has 0 saturated carbocycles. The second kappa shape index (κ2) is 9.78. The molecule has 1 atom stereocenters. The Labute approximate surface area is 174 Å². The van der Waals surface area contributed by atoms with E-state index in [1.54, 1.807) is 27.7 Å². The van der Waals surface area contributed by atoms with Gasteiger partial charge in [-0.05, 0) is 51.8 Å². The summed E-state index contributed by atoms with van der Waals surface area (Å²) >= 11 is 0. The summed E-state index contributed by atoms with van der Waals surface area (Å²) in [6.07, 6.45) is -3.86. The van der Waals surface area contributed by atoms with Crippen LogP contribution in [0.15, 0.2) is 18.2 Å². The summed E-state index contributed by atoms with van der Waals surface area (Å²) in [7, 11) is 0. The summed E-state index contributed by atoms with van der Waals surface area (Å²) in [5.41, 5.74) is -1.42. The molecule has 1 fully saturated rings. The van der Waals surface area contributed by atoms with Gasteiger partial charge in [-0.1, -0.05) is 6.07 Å². The molecule has 0 aromatic heterocycles. The minimum absolute atomic E-state index is 0.00865. The van der Waals surface area contributed by atoms with Crippen molar-refractivity contribution < 1.29 is 32.2 Å². The zero-order valence-electron chi connectivity index (χ0n) is 17.8. The first-order valence-corrected chi connectivity index (χ1v) is 9.94. The zero-order chi connectivity index (χ0) is 22.5. The lowest BCUT2D eigenvalue weighted by Crippen LogP contribution is -2.38. The minimum atomic E-state index is -4.58. The van der Waals surface area contributed by atoms with Gasteiger partial charge in [-0.25, -0.2) is 4.79 Å². The summed E-state index contributed by atoms with van der Waals surface area (Å²) in [5, 5.41) is 3.10.